The van der Waals surface area contributed by atoms with Gasteiger partial charge < -0.3 is 5.11 Å². The number of hydrogen-bond acceptors (Lipinski definition) is 3. The van der Waals surface area contributed by atoms with Crippen molar-refractivity contribution in [3.63, 3.8) is 0 Å². The zero-order chi connectivity index (χ0) is 16.0. The molecule has 0 aliphatic heterocycles. The van der Waals surface area contributed by atoms with Crippen molar-refractivity contribution in [3.8, 4) is 12.3 Å². The molecule has 8 heteroatoms. The number of rotatable bonds is 7. The molecule has 0 fully saturated rings. The molecule has 0 saturated carbocycles. The van der Waals surface area contributed by atoms with Gasteiger partial charge in [-0.25, -0.2) is 26.7 Å². The zero-order valence-corrected chi connectivity index (χ0v) is 11.7. The van der Waals surface area contributed by atoms with Crippen LogP contribution in [0.2, 0.25) is 0 Å². The minimum atomic E-state index is -4.26. The summed E-state index contributed by atoms with van der Waals surface area (Å²) in [5.74, 6) is -2.46. The highest BCUT2D eigenvalue weighted by atomic mass is 32.2. The van der Waals surface area contributed by atoms with Crippen LogP contribution in [0.1, 0.15) is 29.6 Å². The van der Waals surface area contributed by atoms with Crippen molar-refractivity contribution in [2.45, 2.75) is 24.2 Å². The molecule has 1 aromatic rings. The van der Waals surface area contributed by atoms with Gasteiger partial charge in [0, 0.05) is 13.0 Å². The quantitative estimate of drug-likeness (QED) is 0.593. The number of hydrogen-bond donors (Lipinski definition) is 2. The molecule has 0 saturated heterocycles. The highest BCUT2D eigenvalue weighted by Crippen LogP contribution is 2.21. The molecule has 1 rings (SSSR count). The van der Waals surface area contributed by atoms with Gasteiger partial charge >= 0.3 is 5.97 Å². The van der Waals surface area contributed by atoms with E-state index >= 15 is 0 Å². The molecular formula is C13H13F2NO4S. The lowest BCUT2D eigenvalue weighted by molar-refractivity contribution is 0.0685. The number of benzene rings is 1. The second-order valence-corrected chi connectivity index (χ2v) is 5.83. The molecule has 114 valence electrons. The third kappa shape index (κ3) is 4.24. The maximum atomic E-state index is 13.8. The van der Waals surface area contributed by atoms with Crippen LogP contribution >= 0.6 is 0 Å². The topological polar surface area (TPSA) is 83.5 Å². The van der Waals surface area contributed by atoms with Crippen LogP contribution in [-0.4, -0.2) is 26.0 Å². The number of carboxylic acids is 1. The molecule has 0 amide bonds. The van der Waals surface area contributed by atoms with Crippen molar-refractivity contribution in [1.82, 2.24) is 4.72 Å². The summed E-state index contributed by atoms with van der Waals surface area (Å²) >= 11 is 0. The van der Waals surface area contributed by atoms with Gasteiger partial charge in [0.1, 0.15) is 16.3 Å². The van der Waals surface area contributed by atoms with Crippen LogP contribution < -0.4 is 4.72 Å². The Labute approximate surface area is 121 Å². The number of carbonyl (C=O) groups is 1. The molecule has 0 unspecified atom stereocenters. The van der Waals surface area contributed by atoms with Crippen molar-refractivity contribution in [1.29, 1.82) is 0 Å². The first kappa shape index (κ1) is 17.1. The Bertz CT molecular complexity index is 680. The van der Waals surface area contributed by atoms with E-state index in [-0.39, 0.29) is 6.54 Å². The molecule has 21 heavy (non-hydrogen) atoms. The lowest BCUT2D eigenvalue weighted by atomic mass is 10.2. The summed E-state index contributed by atoms with van der Waals surface area (Å²) in [6.07, 6.45) is 6.55. The Morgan fingerprint density at radius 1 is 1.33 bits per heavy atom. The van der Waals surface area contributed by atoms with Gasteiger partial charge in [-0.05, 0) is 25.0 Å². The first-order valence-corrected chi connectivity index (χ1v) is 7.44. The molecule has 0 aliphatic rings. The number of nitrogens with one attached hydrogen (secondary N) is 1. The van der Waals surface area contributed by atoms with Gasteiger partial charge in [-0.2, -0.15) is 0 Å². The van der Waals surface area contributed by atoms with E-state index in [0.717, 1.165) is 0 Å². The summed E-state index contributed by atoms with van der Waals surface area (Å²) in [5.41, 5.74) is -1.30. The van der Waals surface area contributed by atoms with Gasteiger partial charge in [-0.3, -0.25) is 0 Å². The number of halogens is 2. The van der Waals surface area contributed by atoms with Crippen LogP contribution in [0.5, 0.6) is 0 Å². The van der Waals surface area contributed by atoms with Crippen molar-refractivity contribution >= 4 is 16.0 Å². The standard InChI is InChI=1S/C13H13F2NO4S/c1-2-3-4-5-8-16-21(19,20)10-7-6-9(14)11(12(10)15)13(17)18/h1,6-7,16H,3-5,8H2,(H,17,18). The van der Waals surface area contributed by atoms with Crippen LogP contribution in [0, 0.1) is 24.0 Å². The van der Waals surface area contributed by atoms with Crippen molar-refractivity contribution in [2.75, 3.05) is 6.54 Å². The van der Waals surface area contributed by atoms with Crippen LogP contribution in [0.4, 0.5) is 8.78 Å². The summed E-state index contributed by atoms with van der Waals surface area (Å²) in [4.78, 5) is 9.84. The van der Waals surface area contributed by atoms with E-state index in [1.165, 1.54) is 0 Å². The van der Waals surface area contributed by atoms with Gasteiger partial charge in [0.05, 0.1) is 0 Å². The van der Waals surface area contributed by atoms with E-state index in [2.05, 4.69) is 10.6 Å². The molecule has 0 heterocycles. The maximum Gasteiger partial charge on any atom is 0.341 e. The fourth-order valence-corrected chi connectivity index (χ4v) is 2.73. The predicted molar refractivity (Wildman–Crippen MR) is 71.2 cm³/mol. The molecule has 0 aromatic heterocycles. The largest absolute Gasteiger partial charge is 0.477 e. The molecule has 0 bridgehead atoms. The van der Waals surface area contributed by atoms with Gasteiger partial charge in [0.15, 0.2) is 5.82 Å². The SMILES string of the molecule is C#CCCCCNS(=O)(=O)c1ccc(F)c(C(=O)O)c1F. The molecule has 0 aliphatic carbocycles. The van der Waals surface area contributed by atoms with Crippen molar-refractivity contribution in [3.05, 3.63) is 29.3 Å². The molecule has 0 atom stereocenters. The highest BCUT2D eigenvalue weighted by Gasteiger charge is 2.26. The zero-order valence-electron chi connectivity index (χ0n) is 10.9. The number of carboxylic acid groups (broad SMARTS) is 1. The fraction of sp³-hybridized carbons (Fsp3) is 0.308. The monoisotopic (exact) mass is 317 g/mol. The summed E-state index contributed by atoms with van der Waals surface area (Å²) < 4.78 is 52.9. The Kier molecular flexibility index (Phi) is 5.81. The van der Waals surface area contributed by atoms with Gasteiger partial charge in [-0.1, -0.05) is 0 Å². The van der Waals surface area contributed by atoms with Gasteiger partial charge in [-0.15, -0.1) is 12.3 Å². The Morgan fingerprint density at radius 3 is 2.57 bits per heavy atom. The molecule has 5 nitrogen and oxygen atoms in total. The lowest BCUT2D eigenvalue weighted by Gasteiger charge is -2.09. The van der Waals surface area contributed by atoms with E-state index in [1.54, 1.807) is 0 Å². The maximum absolute atomic E-state index is 13.8. The Balaban J connectivity index is 2.97. The van der Waals surface area contributed by atoms with Crippen LogP contribution in [0.15, 0.2) is 17.0 Å². The van der Waals surface area contributed by atoms with Crippen LogP contribution in [0.25, 0.3) is 0 Å². The number of unbranched alkanes of at least 4 members (excludes halogenated alkanes) is 2. The van der Waals surface area contributed by atoms with E-state index < -0.39 is 38.1 Å². The molecule has 0 radical (unpaired) electrons. The summed E-state index contributed by atoms with van der Waals surface area (Å²) in [6.45, 7) is 0.0171. The normalized spacial score (nSPS) is 11.1. The van der Waals surface area contributed by atoms with E-state index in [9.17, 15) is 22.0 Å². The molecule has 1 aromatic carbocycles. The summed E-state index contributed by atoms with van der Waals surface area (Å²) in [7, 11) is -4.26. The van der Waals surface area contributed by atoms with Crippen LogP contribution in [-0.2, 0) is 10.0 Å². The van der Waals surface area contributed by atoms with Crippen molar-refractivity contribution in [2.24, 2.45) is 0 Å². The average Bonchev–Trinajstić information content (AvgIpc) is 2.37. The van der Waals surface area contributed by atoms with E-state index in [0.29, 0.717) is 31.4 Å². The highest BCUT2D eigenvalue weighted by molar-refractivity contribution is 7.89. The summed E-state index contributed by atoms with van der Waals surface area (Å²) in [5, 5.41) is 8.70. The number of aromatic carboxylic acids is 1. The fourth-order valence-electron chi connectivity index (χ4n) is 1.57. The average molecular weight is 317 g/mol. The van der Waals surface area contributed by atoms with Gasteiger partial charge in [0.25, 0.3) is 0 Å². The van der Waals surface area contributed by atoms with Gasteiger partial charge in [0.2, 0.25) is 10.0 Å². The number of terminal acetylenes is 1. The second-order valence-electron chi connectivity index (χ2n) is 4.10. The summed E-state index contributed by atoms with van der Waals surface area (Å²) in [6, 6.07) is 1.28. The Hall–Kier alpha value is -1.98. The third-order valence-electron chi connectivity index (χ3n) is 2.60. The first-order chi connectivity index (χ1) is 9.81. The first-order valence-electron chi connectivity index (χ1n) is 5.95. The second kappa shape index (κ2) is 7.15. The minimum absolute atomic E-state index is 0.0171. The molecule has 2 N–H and O–H groups in total. The lowest BCUT2D eigenvalue weighted by Crippen LogP contribution is -2.26. The van der Waals surface area contributed by atoms with E-state index in [4.69, 9.17) is 11.5 Å². The molecular weight excluding hydrogens is 304 g/mol. The minimum Gasteiger partial charge on any atom is -0.477 e. The van der Waals surface area contributed by atoms with Crippen LogP contribution in [0.3, 0.4) is 0 Å². The molecule has 0 spiro atoms. The number of sulfonamides is 1. The van der Waals surface area contributed by atoms with Crippen molar-refractivity contribution < 1.29 is 27.1 Å². The third-order valence-corrected chi connectivity index (χ3v) is 4.08. The smallest absolute Gasteiger partial charge is 0.341 e. The predicted octanol–water partition coefficient (Wildman–Crippen LogP) is 1.74. The van der Waals surface area contributed by atoms with E-state index in [1.807, 2.05) is 0 Å². The Morgan fingerprint density at radius 2 is 2.00 bits per heavy atom.